The number of piperidine rings is 1. The highest BCUT2D eigenvalue weighted by atomic mass is 16.5. The second-order valence-electron chi connectivity index (χ2n) is 10.5. The number of benzene rings is 2. The molecule has 1 N–H and O–H groups in total. The fraction of sp³-hybridized carbons (Fsp3) is 0.467. The Labute approximate surface area is 211 Å². The molecule has 2 fully saturated rings. The monoisotopic (exact) mass is 489 g/mol. The van der Waals surface area contributed by atoms with Gasteiger partial charge in [0.05, 0.1) is 5.60 Å². The van der Waals surface area contributed by atoms with Crippen LogP contribution in [0.25, 0.3) is 11.0 Å². The van der Waals surface area contributed by atoms with E-state index in [9.17, 15) is 14.7 Å². The fourth-order valence-corrected chi connectivity index (χ4v) is 5.87. The van der Waals surface area contributed by atoms with Gasteiger partial charge in [0.25, 0.3) is 0 Å². The number of aliphatic hydroxyl groups is 1. The van der Waals surface area contributed by atoms with Gasteiger partial charge in [-0.05, 0) is 68.4 Å². The molecule has 0 radical (unpaired) electrons. The number of aryl methyl sites for hydroxylation is 2. The zero-order valence-electron chi connectivity index (χ0n) is 21.2. The topological polar surface area (TPSA) is 80.0 Å². The molecule has 1 amide bonds. The van der Waals surface area contributed by atoms with E-state index >= 15 is 0 Å². The van der Waals surface area contributed by atoms with Crippen molar-refractivity contribution in [2.75, 3.05) is 13.1 Å². The van der Waals surface area contributed by atoms with Crippen molar-refractivity contribution in [3.8, 4) is 5.75 Å². The van der Waals surface area contributed by atoms with Crippen molar-refractivity contribution in [1.82, 2.24) is 4.90 Å². The van der Waals surface area contributed by atoms with E-state index in [2.05, 4.69) is 13.0 Å². The lowest BCUT2D eigenvalue weighted by molar-refractivity contribution is -0.143. The predicted octanol–water partition coefficient (Wildman–Crippen LogP) is 5.08. The highest BCUT2D eigenvalue weighted by Crippen LogP contribution is 2.40. The van der Waals surface area contributed by atoms with Crippen molar-refractivity contribution in [2.45, 2.75) is 71.0 Å². The Hall–Kier alpha value is -3.12. The second kappa shape index (κ2) is 10.1. The summed E-state index contributed by atoms with van der Waals surface area (Å²) in [6.07, 6.45) is 5.26. The molecule has 2 heterocycles. The molecule has 6 nitrogen and oxygen atoms in total. The van der Waals surface area contributed by atoms with Crippen LogP contribution in [0.2, 0.25) is 0 Å². The maximum absolute atomic E-state index is 13.0. The Kier molecular flexibility index (Phi) is 6.89. The van der Waals surface area contributed by atoms with Gasteiger partial charge >= 0.3 is 5.63 Å². The van der Waals surface area contributed by atoms with Gasteiger partial charge in [0, 0.05) is 42.4 Å². The average molecular weight is 490 g/mol. The van der Waals surface area contributed by atoms with Crippen LogP contribution in [0.15, 0.2) is 51.7 Å². The molecule has 6 heteroatoms. The minimum atomic E-state index is -0.604. The molecule has 0 spiro atoms. The molecule has 3 aromatic rings. The summed E-state index contributed by atoms with van der Waals surface area (Å²) in [5.74, 6) is 0.851. The number of hydrogen-bond donors (Lipinski definition) is 1. The Morgan fingerprint density at radius 1 is 1.17 bits per heavy atom. The standard InChI is InChI=1S/C30H35NO5/c1-20-7-3-4-8-22(20)19-35-24-10-11-25-21(2)26(29(33)36-27(25)17-24)12-13-28(32)31-16-15-30(34)14-6-5-9-23(30)18-31/h3-4,7-8,10-11,17,23,34H,5-6,9,12-16,18-19H2,1-2H3/t23-,30+/m0/s1. The summed E-state index contributed by atoms with van der Waals surface area (Å²) in [5.41, 5.74) is 3.16. The molecule has 36 heavy (non-hydrogen) atoms. The van der Waals surface area contributed by atoms with Gasteiger partial charge in [0.2, 0.25) is 5.91 Å². The number of fused-ring (bicyclic) bond motifs is 2. The van der Waals surface area contributed by atoms with Crippen LogP contribution in [0, 0.1) is 19.8 Å². The Morgan fingerprint density at radius 2 is 2.00 bits per heavy atom. The summed E-state index contributed by atoms with van der Waals surface area (Å²) in [6.45, 7) is 5.61. The number of nitrogens with zero attached hydrogens (tertiary/aromatic N) is 1. The quantitative estimate of drug-likeness (QED) is 0.489. The van der Waals surface area contributed by atoms with E-state index in [1.807, 2.05) is 42.2 Å². The van der Waals surface area contributed by atoms with E-state index in [0.29, 0.717) is 49.4 Å². The highest BCUT2D eigenvalue weighted by Gasteiger charge is 2.43. The molecule has 2 atom stereocenters. The van der Waals surface area contributed by atoms with Gasteiger partial charge in [-0.1, -0.05) is 37.1 Å². The fourth-order valence-electron chi connectivity index (χ4n) is 5.87. The molecule has 0 bridgehead atoms. The summed E-state index contributed by atoms with van der Waals surface area (Å²) in [4.78, 5) is 27.7. The SMILES string of the molecule is Cc1ccccc1COc1ccc2c(C)c(CCC(=O)N3CC[C@]4(O)CCCC[C@H]4C3)c(=O)oc2c1. The van der Waals surface area contributed by atoms with Gasteiger partial charge in [0.15, 0.2) is 0 Å². The van der Waals surface area contributed by atoms with Crippen LogP contribution in [0.4, 0.5) is 0 Å². The number of amides is 1. The Bertz CT molecular complexity index is 1330. The van der Waals surface area contributed by atoms with Crippen LogP contribution in [0.1, 0.15) is 60.8 Å². The zero-order valence-corrected chi connectivity index (χ0v) is 21.2. The molecule has 0 unspecified atom stereocenters. The van der Waals surface area contributed by atoms with Crippen LogP contribution >= 0.6 is 0 Å². The van der Waals surface area contributed by atoms with Gasteiger partial charge in [0.1, 0.15) is 17.9 Å². The van der Waals surface area contributed by atoms with Gasteiger partial charge in [-0.25, -0.2) is 4.79 Å². The first-order valence-electron chi connectivity index (χ1n) is 13.1. The van der Waals surface area contributed by atoms with Gasteiger partial charge in [-0.2, -0.15) is 0 Å². The molecule has 1 saturated carbocycles. The molecule has 1 aliphatic carbocycles. The second-order valence-corrected chi connectivity index (χ2v) is 10.5. The smallest absolute Gasteiger partial charge is 0.339 e. The van der Waals surface area contributed by atoms with Crippen molar-refractivity contribution < 1.29 is 19.1 Å². The van der Waals surface area contributed by atoms with Crippen molar-refractivity contribution >= 4 is 16.9 Å². The van der Waals surface area contributed by atoms with Crippen LogP contribution < -0.4 is 10.4 Å². The third-order valence-corrected chi connectivity index (χ3v) is 8.28. The van der Waals surface area contributed by atoms with E-state index in [-0.39, 0.29) is 18.2 Å². The number of carbonyl (C=O) groups is 1. The zero-order chi connectivity index (χ0) is 25.3. The maximum atomic E-state index is 13.0. The first-order valence-corrected chi connectivity index (χ1v) is 13.1. The summed E-state index contributed by atoms with van der Waals surface area (Å²) < 4.78 is 11.6. The minimum absolute atomic E-state index is 0.0430. The molecule has 190 valence electrons. The lowest BCUT2D eigenvalue weighted by Crippen LogP contribution is -2.54. The summed E-state index contributed by atoms with van der Waals surface area (Å²) in [6, 6.07) is 13.6. The maximum Gasteiger partial charge on any atom is 0.339 e. The van der Waals surface area contributed by atoms with E-state index in [1.54, 1.807) is 6.07 Å². The molecule has 1 saturated heterocycles. The highest BCUT2D eigenvalue weighted by molar-refractivity contribution is 5.83. The summed E-state index contributed by atoms with van der Waals surface area (Å²) in [7, 11) is 0. The van der Waals surface area contributed by atoms with E-state index in [1.165, 1.54) is 5.56 Å². The minimum Gasteiger partial charge on any atom is -0.489 e. The largest absolute Gasteiger partial charge is 0.489 e. The average Bonchev–Trinajstić information content (AvgIpc) is 2.87. The van der Waals surface area contributed by atoms with Crippen LogP contribution in [0.3, 0.4) is 0 Å². The molecule has 2 aliphatic rings. The van der Waals surface area contributed by atoms with E-state index in [0.717, 1.165) is 42.2 Å². The van der Waals surface area contributed by atoms with Gasteiger partial charge in [-0.15, -0.1) is 0 Å². The predicted molar refractivity (Wildman–Crippen MR) is 139 cm³/mol. The molecule has 2 aromatic carbocycles. The Morgan fingerprint density at radius 3 is 2.83 bits per heavy atom. The van der Waals surface area contributed by atoms with E-state index < -0.39 is 11.2 Å². The van der Waals surface area contributed by atoms with Crippen molar-refractivity contribution in [3.05, 3.63) is 75.1 Å². The number of ether oxygens (including phenoxy) is 1. The van der Waals surface area contributed by atoms with Gasteiger partial charge in [-0.3, -0.25) is 4.79 Å². The van der Waals surface area contributed by atoms with Crippen LogP contribution in [0.5, 0.6) is 5.75 Å². The van der Waals surface area contributed by atoms with Crippen molar-refractivity contribution in [2.24, 2.45) is 5.92 Å². The number of likely N-dealkylation sites (tertiary alicyclic amines) is 1. The molecule has 1 aliphatic heterocycles. The number of carbonyl (C=O) groups excluding carboxylic acids is 1. The molecular formula is C30H35NO5. The molecule has 1 aromatic heterocycles. The first kappa shape index (κ1) is 24.6. The van der Waals surface area contributed by atoms with E-state index in [4.69, 9.17) is 9.15 Å². The van der Waals surface area contributed by atoms with Crippen LogP contribution in [-0.4, -0.2) is 34.6 Å². The lowest BCUT2D eigenvalue weighted by Gasteiger charge is -2.47. The number of hydrogen-bond acceptors (Lipinski definition) is 5. The normalized spacial score (nSPS) is 21.9. The Balaban J connectivity index is 1.26. The summed E-state index contributed by atoms with van der Waals surface area (Å²) in [5, 5.41) is 11.7. The lowest BCUT2D eigenvalue weighted by atomic mass is 9.71. The third kappa shape index (κ3) is 4.92. The van der Waals surface area contributed by atoms with Crippen molar-refractivity contribution in [1.29, 1.82) is 0 Å². The summed E-state index contributed by atoms with van der Waals surface area (Å²) >= 11 is 0. The van der Waals surface area contributed by atoms with Gasteiger partial charge < -0.3 is 19.2 Å². The first-order chi connectivity index (χ1) is 17.3. The third-order valence-electron chi connectivity index (χ3n) is 8.28. The molecular weight excluding hydrogens is 454 g/mol. The molecule has 5 rings (SSSR count). The number of rotatable bonds is 6. The van der Waals surface area contributed by atoms with Crippen LogP contribution in [-0.2, 0) is 17.8 Å². The van der Waals surface area contributed by atoms with Crippen molar-refractivity contribution in [3.63, 3.8) is 0 Å².